The van der Waals surface area contributed by atoms with Crippen LogP contribution in [0.5, 0.6) is 5.75 Å². The molecule has 0 radical (unpaired) electrons. The molecule has 0 bridgehead atoms. The Bertz CT molecular complexity index is 514. The molecular weight excluding hydrogens is 260 g/mol. The van der Waals surface area contributed by atoms with Gasteiger partial charge in [0.1, 0.15) is 12.4 Å². The molecule has 0 aliphatic carbocycles. The minimum atomic E-state index is 0.452. The van der Waals surface area contributed by atoms with Crippen molar-refractivity contribution in [2.24, 2.45) is 0 Å². The van der Waals surface area contributed by atoms with E-state index in [-0.39, 0.29) is 0 Å². The molecule has 0 spiro atoms. The van der Waals surface area contributed by atoms with Crippen LogP contribution in [0.25, 0.3) is 0 Å². The summed E-state index contributed by atoms with van der Waals surface area (Å²) in [6.07, 6.45) is 3.34. The van der Waals surface area contributed by atoms with Crippen LogP contribution in [0.15, 0.2) is 42.7 Å². The van der Waals surface area contributed by atoms with Crippen molar-refractivity contribution >= 4 is 11.6 Å². The van der Waals surface area contributed by atoms with Crippen molar-refractivity contribution in [3.8, 4) is 5.75 Å². The summed E-state index contributed by atoms with van der Waals surface area (Å²) in [7, 11) is 0. The molecule has 0 aliphatic heterocycles. The van der Waals surface area contributed by atoms with Crippen LogP contribution in [0.4, 0.5) is 0 Å². The van der Waals surface area contributed by atoms with Gasteiger partial charge in [-0.3, -0.25) is 4.98 Å². The molecule has 0 unspecified atom stereocenters. The molecule has 100 valence electrons. The quantitative estimate of drug-likeness (QED) is 0.878. The summed E-state index contributed by atoms with van der Waals surface area (Å²) >= 11 is 6.02. The van der Waals surface area contributed by atoms with Crippen molar-refractivity contribution in [3.63, 3.8) is 0 Å². The molecule has 4 heteroatoms. The van der Waals surface area contributed by atoms with E-state index in [1.54, 1.807) is 12.4 Å². The van der Waals surface area contributed by atoms with Crippen molar-refractivity contribution in [2.75, 3.05) is 6.54 Å². The summed E-state index contributed by atoms with van der Waals surface area (Å²) in [4.78, 5) is 3.95. The molecular formula is C15H17ClN2O. The Balaban J connectivity index is 1.91. The number of hydrogen-bond acceptors (Lipinski definition) is 3. The third-order valence-corrected chi connectivity index (χ3v) is 3.09. The van der Waals surface area contributed by atoms with Crippen LogP contribution in [-0.4, -0.2) is 11.5 Å². The Hall–Kier alpha value is -1.58. The van der Waals surface area contributed by atoms with E-state index in [1.165, 1.54) is 5.56 Å². The molecule has 3 nitrogen and oxygen atoms in total. The highest BCUT2D eigenvalue weighted by Gasteiger charge is 2.01. The maximum absolute atomic E-state index is 6.02. The van der Waals surface area contributed by atoms with Gasteiger partial charge in [-0.15, -0.1) is 0 Å². The number of hydrogen-bond donors (Lipinski definition) is 1. The fourth-order valence-electron chi connectivity index (χ4n) is 1.66. The van der Waals surface area contributed by atoms with Crippen LogP contribution in [0, 0.1) is 0 Å². The summed E-state index contributed by atoms with van der Waals surface area (Å²) in [5.41, 5.74) is 2.18. The standard InChI is InChI=1S/C15H17ClN2O/c1-2-17-9-12-3-5-14(6-4-12)19-11-13-7-8-18-10-15(13)16/h3-8,10,17H,2,9,11H2,1H3. The monoisotopic (exact) mass is 276 g/mol. The van der Waals surface area contributed by atoms with E-state index in [4.69, 9.17) is 16.3 Å². The van der Waals surface area contributed by atoms with E-state index >= 15 is 0 Å². The molecule has 2 rings (SSSR count). The van der Waals surface area contributed by atoms with Gasteiger partial charge in [0.25, 0.3) is 0 Å². The first-order chi connectivity index (χ1) is 9.29. The molecule has 1 aromatic carbocycles. The maximum Gasteiger partial charge on any atom is 0.119 e. The van der Waals surface area contributed by atoms with Crippen LogP contribution in [0.2, 0.25) is 5.02 Å². The van der Waals surface area contributed by atoms with Crippen LogP contribution in [0.1, 0.15) is 18.1 Å². The Morgan fingerprint density at radius 3 is 2.68 bits per heavy atom. The van der Waals surface area contributed by atoms with Gasteiger partial charge in [0, 0.05) is 24.5 Å². The second-order valence-corrected chi connectivity index (χ2v) is 4.59. The van der Waals surface area contributed by atoms with E-state index in [0.717, 1.165) is 24.4 Å². The Morgan fingerprint density at radius 1 is 1.21 bits per heavy atom. The van der Waals surface area contributed by atoms with Crippen LogP contribution in [0.3, 0.4) is 0 Å². The van der Waals surface area contributed by atoms with Gasteiger partial charge in [-0.1, -0.05) is 30.7 Å². The van der Waals surface area contributed by atoms with Gasteiger partial charge in [0.05, 0.1) is 5.02 Å². The van der Waals surface area contributed by atoms with Crippen molar-refractivity contribution in [1.82, 2.24) is 10.3 Å². The minimum Gasteiger partial charge on any atom is -0.489 e. The number of pyridine rings is 1. The zero-order valence-electron chi connectivity index (χ0n) is 10.9. The second-order valence-electron chi connectivity index (χ2n) is 4.18. The fourth-order valence-corrected chi connectivity index (χ4v) is 1.83. The van der Waals surface area contributed by atoms with E-state index in [0.29, 0.717) is 11.6 Å². The third-order valence-electron chi connectivity index (χ3n) is 2.75. The number of nitrogens with zero attached hydrogens (tertiary/aromatic N) is 1. The lowest BCUT2D eigenvalue weighted by Gasteiger charge is -2.08. The first-order valence-electron chi connectivity index (χ1n) is 6.30. The van der Waals surface area contributed by atoms with Gasteiger partial charge in [-0.05, 0) is 30.3 Å². The van der Waals surface area contributed by atoms with Gasteiger partial charge >= 0.3 is 0 Å². The number of benzene rings is 1. The van der Waals surface area contributed by atoms with Gasteiger partial charge in [0.15, 0.2) is 0 Å². The van der Waals surface area contributed by atoms with Gasteiger partial charge < -0.3 is 10.1 Å². The maximum atomic E-state index is 6.02. The van der Waals surface area contributed by atoms with E-state index in [1.807, 2.05) is 18.2 Å². The van der Waals surface area contributed by atoms with Crippen molar-refractivity contribution < 1.29 is 4.74 Å². The molecule has 0 aliphatic rings. The van der Waals surface area contributed by atoms with Gasteiger partial charge in [0.2, 0.25) is 0 Å². The number of nitrogens with one attached hydrogen (secondary N) is 1. The molecule has 1 N–H and O–H groups in total. The Labute approximate surface area is 118 Å². The molecule has 0 fully saturated rings. The average molecular weight is 277 g/mol. The first kappa shape index (κ1) is 13.8. The van der Waals surface area contributed by atoms with Gasteiger partial charge in [-0.2, -0.15) is 0 Å². The SMILES string of the molecule is CCNCc1ccc(OCc2ccncc2Cl)cc1. The van der Waals surface area contributed by atoms with Gasteiger partial charge in [-0.25, -0.2) is 0 Å². The number of aromatic nitrogens is 1. The van der Waals surface area contributed by atoms with Crippen LogP contribution < -0.4 is 10.1 Å². The lowest BCUT2D eigenvalue weighted by molar-refractivity contribution is 0.306. The highest BCUT2D eigenvalue weighted by Crippen LogP contribution is 2.18. The number of halogens is 1. The summed E-state index contributed by atoms with van der Waals surface area (Å²) in [5.74, 6) is 0.841. The normalized spacial score (nSPS) is 10.4. The molecule has 0 atom stereocenters. The summed E-state index contributed by atoms with van der Waals surface area (Å²) in [6, 6.07) is 9.93. The molecule has 2 aromatic rings. The summed E-state index contributed by atoms with van der Waals surface area (Å²) < 4.78 is 5.70. The summed E-state index contributed by atoms with van der Waals surface area (Å²) in [5, 5.41) is 3.91. The highest BCUT2D eigenvalue weighted by molar-refractivity contribution is 6.31. The topological polar surface area (TPSA) is 34.1 Å². The zero-order chi connectivity index (χ0) is 13.5. The lowest BCUT2D eigenvalue weighted by atomic mass is 10.2. The molecule has 0 saturated carbocycles. The molecule has 0 saturated heterocycles. The van der Waals surface area contributed by atoms with E-state index in [9.17, 15) is 0 Å². The Morgan fingerprint density at radius 2 is 2.00 bits per heavy atom. The molecule has 0 amide bonds. The number of rotatable bonds is 6. The average Bonchev–Trinajstić information content (AvgIpc) is 2.45. The molecule has 19 heavy (non-hydrogen) atoms. The zero-order valence-corrected chi connectivity index (χ0v) is 11.7. The smallest absolute Gasteiger partial charge is 0.119 e. The lowest BCUT2D eigenvalue weighted by Crippen LogP contribution is -2.11. The second kappa shape index (κ2) is 7.12. The van der Waals surface area contributed by atoms with E-state index < -0.39 is 0 Å². The fraction of sp³-hybridized carbons (Fsp3) is 0.267. The number of ether oxygens (including phenoxy) is 1. The largest absolute Gasteiger partial charge is 0.489 e. The molecule has 1 heterocycles. The third kappa shape index (κ3) is 4.23. The molecule has 1 aromatic heterocycles. The predicted octanol–water partition coefficient (Wildman–Crippen LogP) is 3.42. The van der Waals surface area contributed by atoms with Crippen LogP contribution in [-0.2, 0) is 13.2 Å². The first-order valence-corrected chi connectivity index (χ1v) is 6.68. The van der Waals surface area contributed by atoms with E-state index in [2.05, 4.69) is 29.4 Å². The van der Waals surface area contributed by atoms with Crippen molar-refractivity contribution in [2.45, 2.75) is 20.1 Å². The minimum absolute atomic E-state index is 0.452. The predicted molar refractivity (Wildman–Crippen MR) is 77.4 cm³/mol. The van der Waals surface area contributed by atoms with Crippen molar-refractivity contribution in [3.05, 3.63) is 58.9 Å². The highest BCUT2D eigenvalue weighted by atomic mass is 35.5. The van der Waals surface area contributed by atoms with Crippen molar-refractivity contribution in [1.29, 1.82) is 0 Å². The Kier molecular flexibility index (Phi) is 5.19. The van der Waals surface area contributed by atoms with Crippen LogP contribution >= 0.6 is 11.6 Å². The summed E-state index contributed by atoms with van der Waals surface area (Å²) in [6.45, 7) is 4.40.